The zero-order valence-corrected chi connectivity index (χ0v) is 17.0. The predicted molar refractivity (Wildman–Crippen MR) is 115 cm³/mol. The fourth-order valence-electron chi connectivity index (χ4n) is 3.88. The third-order valence-electron chi connectivity index (χ3n) is 5.28. The first-order valence-electron chi connectivity index (χ1n) is 9.49. The molecule has 5 rings (SSSR count). The number of nitrogens with zero attached hydrogens (tertiary/aromatic N) is 3. The zero-order valence-electron chi connectivity index (χ0n) is 15.4. The molecule has 0 fully saturated rings. The smallest absolute Gasteiger partial charge is 0.207 e. The lowest BCUT2D eigenvalue weighted by Gasteiger charge is -2.25. The van der Waals surface area contributed by atoms with Crippen LogP contribution in [-0.4, -0.2) is 20.9 Å². The second-order valence-electron chi connectivity index (χ2n) is 7.11. The number of benzene rings is 2. The number of para-hydroxylation sites is 1. The van der Waals surface area contributed by atoms with Crippen LogP contribution >= 0.6 is 23.6 Å². The molecule has 0 saturated carbocycles. The van der Waals surface area contributed by atoms with Crippen molar-refractivity contribution in [2.24, 2.45) is 0 Å². The van der Waals surface area contributed by atoms with Crippen LogP contribution in [0.25, 0.3) is 16.4 Å². The quantitative estimate of drug-likeness (QED) is 0.524. The molecule has 4 nitrogen and oxygen atoms in total. The van der Waals surface area contributed by atoms with Crippen molar-refractivity contribution in [3.8, 4) is 16.4 Å². The van der Waals surface area contributed by atoms with Crippen molar-refractivity contribution in [2.75, 3.05) is 6.54 Å². The predicted octanol–water partition coefficient (Wildman–Crippen LogP) is 3.73. The van der Waals surface area contributed by atoms with E-state index in [-0.39, 0.29) is 0 Å². The van der Waals surface area contributed by atoms with Crippen LogP contribution in [0, 0.1) is 4.77 Å². The van der Waals surface area contributed by atoms with Crippen LogP contribution in [-0.2, 0) is 19.6 Å². The highest BCUT2D eigenvalue weighted by atomic mass is 32.1. The lowest BCUT2D eigenvalue weighted by Crippen LogP contribution is -3.11. The van der Waals surface area contributed by atoms with Crippen molar-refractivity contribution in [3.63, 3.8) is 0 Å². The molecule has 0 radical (unpaired) electrons. The average molecular weight is 406 g/mol. The molecule has 1 N–H and O–H groups in total. The minimum Gasteiger partial charge on any atom is -0.312 e. The van der Waals surface area contributed by atoms with Crippen molar-refractivity contribution in [1.29, 1.82) is 0 Å². The van der Waals surface area contributed by atoms with Crippen molar-refractivity contribution >= 4 is 23.6 Å². The number of fused-ring (bicyclic) bond motifs is 1. The van der Waals surface area contributed by atoms with Gasteiger partial charge in [-0.05, 0) is 41.4 Å². The lowest BCUT2D eigenvalue weighted by molar-refractivity contribution is -0.939. The molecule has 28 heavy (non-hydrogen) atoms. The summed E-state index contributed by atoms with van der Waals surface area (Å²) in [7, 11) is 0. The Balaban J connectivity index is 1.52. The third kappa shape index (κ3) is 3.24. The number of hydrogen-bond donors (Lipinski definition) is 1. The van der Waals surface area contributed by atoms with Gasteiger partial charge in [0.15, 0.2) is 12.5 Å². The summed E-state index contributed by atoms with van der Waals surface area (Å²) in [6, 6.07) is 23.2. The SMILES string of the molecule is S=c1n(C[NH+]2CCc3ccccc3C2)nc(-c2cccs2)n1-c1ccccc1. The van der Waals surface area contributed by atoms with Crippen LogP contribution in [0.4, 0.5) is 0 Å². The van der Waals surface area contributed by atoms with Gasteiger partial charge < -0.3 is 4.90 Å². The van der Waals surface area contributed by atoms with Gasteiger partial charge in [-0.1, -0.05) is 48.5 Å². The first-order chi connectivity index (χ1) is 13.8. The molecule has 1 aliphatic rings. The minimum absolute atomic E-state index is 0.751. The van der Waals surface area contributed by atoms with Crippen LogP contribution < -0.4 is 4.90 Å². The normalized spacial score (nSPS) is 16.1. The van der Waals surface area contributed by atoms with Gasteiger partial charge in [0, 0.05) is 12.0 Å². The van der Waals surface area contributed by atoms with Crippen molar-refractivity contribution in [1.82, 2.24) is 14.3 Å². The summed E-state index contributed by atoms with van der Waals surface area (Å²) in [5, 5.41) is 7.03. The molecule has 4 aromatic rings. The van der Waals surface area contributed by atoms with E-state index in [0.29, 0.717) is 0 Å². The highest BCUT2D eigenvalue weighted by molar-refractivity contribution is 7.71. The minimum atomic E-state index is 0.751. The molecule has 0 spiro atoms. The molecule has 0 aliphatic carbocycles. The summed E-state index contributed by atoms with van der Waals surface area (Å²) < 4.78 is 4.85. The standard InChI is InChI=1S/C22H20N4S2/c27-22-25(16-24-13-12-17-7-4-5-8-18(17)15-24)23-21(20-11-6-14-28-20)26(22)19-9-2-1-3-10-19/h1-11,14H,12-13,15-16H2/p+1. The van der Waals surface area contributed by atoms with E-state index in [1.807, 2.05) is 22.9 Å². The maximum Gasteiger partial charge on any atom is 0.207 e. The fourth-order valence-corrected chi connectivity index (χ4v) is 4.87. The Bertz CT molecular complexity index is 1140. The molecule has 3 heterocycles. The van der Waals surface area contributed by atoms with E-state index >= 15 is 0 Å². The van der Waals surface area contributed by atoms with E-state index in [1.165, 1.54) is 16.0 Å². The van der Waals surface area contributed by atoms with Crippen molar-refractivity contribution in [2.45, 2.75) is 19.6 Å². The molecule has 6 heteroatoms. The van der Waals surface area contributed by atoms with Gasteiger partial charge in [-0.15, -0.1) is 16.4 Å². The maximum atomic E-state index is 5.87. The number of hydrogen-bond acceptors (Lipinski definition) is 3. The van der Waals surface area contributed by atoms with E-state index < -0.39 is 0 Å². The molecule has 2 aromatic carbocycles. The summed E-state index contributed by atoms with van der Waals surface area (Å²) in [6.45, 7) is 2.90. The number of nitrogens with one attached hydrogen (secondary N) is 1. The Labute approximate surface area is 173 Å². The van der Waals surface area contributed by atoms with Gasteiger partial charge in [-0.2, -0.15) is 4.68 Å². The van der Waals surface area contributed by atoms with Crippen molar-refractivity contribution in [3.05, 3.63) is 88.0 Å². The Hall–Kier alpha value is -2.54. The zero-order chi connectivity index (χ0) is 18.9. The molecule has 0 bridgehead atoms. The summed E-state index contributed by atoms with van der Waals surface area (Å²) in [6.07, 6.45) is 1.11. The second kappa shape index (κ2) is 7.47. The topological polar surface area (TPSA) is 27.2 Å². The molecule has 1 unspecified atom stereocenters. The van der Waals surface area contributed by atoms with Crippen LogP contribution in [0.1, 0.15) is 11.1 Å². The molecule has 1 atom stereocenters. The van der Waals surface area contributed by atoms with E-state index in [1.54, 1.807) is 11.3 Å². The molecule has 140 valence electrons. The molecule has 0 saturated heterocycles. The Morgan fingerprint density at radius 3 is 2.54 bits per heavy atom. The Morgan fingerprint density at radius 2 is 1.75 bits per heavy atom. The largest absolute Gasteiger partial charge is 0.312 e. The van der Waals surface area contributed by atoms with Gasteiger partial charge in [0.25, 0.3) is 0 Å². The van der Waals surface area contributed by atoms with Gasteiger partial charge in [0.1, 0.15) is 6.54 Å². The second-order valence-corrected chi connectivity index (χ2v) is 8.42. The van der Waals surface area contributed by atoms with Crippen LogP contribution in [0.3, 0.4) is 0 Å². The van der Waals surface area contributed by atoms with Crippen LogP contribution in [0.2, 0.25) is 0 Å². The van der Waals surface area contributed by atoms with Gasteiger partial charge in [-0.3, -0.25) is 4.57 Å². The molecule has 0 amide bonds. The van der Waals surface area contributed by atoms with Crippen LogP contribution in [0.15, 0.2) is 72.1 Å². The van der Waals surface area contributed by atoms with E-state index in [4.69, 9.17) is 17.3 Å². The monoisotopic (exact) mass is 405 g/mol. The highest BCUT2D eigenvalue weighted by Gasteiger charge is 2.22. The molecular formula is C22H21N4S2+. The molecule has 2 aromatic heterocycles. The average Bonchev–Trinajstić information content (AvgIpc) is 3.37. The molecule has 1 aliphatic heterocycles. The fraction of sp³-hybridized carbons (Fsp3) is 0.182. The first kappa shape index (κ1) is 17.6. The van der Waals surface area contributed by atoms with Gasteiger partial charge >= 0.3 is 0 Å². The number of aromatic nitrogens is 3. The third-order valence-corrected chi connectivity index (χ3v) is 6.53. The van der Waals surface area contributed by atoms with Crippen LogP contribution in [0.5, 0.6) is 0 Å². The summed E-state index contributed by atoms with van der Waals surface area (Å²) in [5.41, 5.74) is 3.97. The van der Waals surface area contributed by atoms with Gasteiger partial charge in [0.05, 0.1) is 17.1 Å². The molecular weight excluding hydrogens is 384 g/mol. The van der Waals surface area contributed by atoms with E-state index in [9.17, 15) is 0 Å². The Morgan fingerprint density at radius 1 is 0.964 bits per heavy atom. The summed E-state index contributed by atoms with van der Waals surface area (Å²) in [5.74, 6) is 0.919. The van der Waals surface area contributed by atoms with Gasteiger partial charge in [-0.25, -0.2) is 0 Å². The highest BCUT2D eigenvalue weighted by Crippen LogP contribution is 2.26. The number of thiophene rings is 1. The van der Waals surface area contributed by atoms with Crippen molar-refractivity contribution < 1.29 is 4.90 Å². The summed E-state index contributed by atoms with van der Waals surface area (Å²) in [4.78, 5) is 2.62. The number of rotatable bonds is 4. The van der Waals surface area contributed by atoms with Gasteiger partial charge in [0.2, 0.25) is 4.77 Å². The maximum absolute atomic E-state index is 5.87. The first-order valence-corrected chi connectivity index (χ1v) is 10.8. The summed E-state index contributed by atoms with van der Waals surface area (Å²) >= 11 is 7.56. The Kier molecular flexibility index (Phi) is 4.68. The van der Waals surface area contributed by atoms with E-state index in [0.717, 1.165) is 47.3 Å². The number of quaternary nitrogens is 1. The lowest BCUT2D eigenvalue weighted by atomic mass is 10.0. The van der Waals surface area contributed by atoms with E-state index in [2.05, 4.69) is 58.5 Å².